The predicted molar refractivity (Wildman–Crippen MR) is 162 cm³/mol. The molecule has 3 rings (SSSR count). The van der Waals surface area contributed by atoms with Crippen LogP contribution in [0.15, 0.2) is 83.5 Å². The van der Waals surface area contributed by atoms with Crippen LogP contribution in [-0.2, 0) is 9.53 Å². The van der Waals surface area contributed by atoms with E-state index in [0.29, 0.717) is 5.75 Å². The Morgan fingerprint density at radius 3 is 2.05 bits per heavy atom. The summed E-state index contributed by atoms with van der Waals surface area (Å²) in [5, 5.41) is 12.2. The number of aliphatic carboxylic acids is 1. The highest BCUT2D eigenvalue weighted by molar-refractivity contribution is 7.99. The first-order valence-electron chi connectivity index (χ1n) is 13.6. The van der Waals surface area contributed by atoms with Crippen molar-refractivity contribution in [1.29, 1.82) is 0 Å². The van der Waals surface area contributed by atoms with E-state index in [0.717, 1.165) is 47.9 Å². The zero-order valence-electron chi connectivity index (χ0n) is 23.5. The van der Waals surface area contributed by atoms with E-state index in [1.807, 2.05) is 24.3 Å². The number of thioether (sulfide) groups is 1. The van der Waals surface area contributed by atoms with E-state index in [2.05, 4.69) is 75.5 Å². The second-order valence-corrected chi connectivity index (χ2v) is 11.4. The van der Waals surface area contributed by atoms with Crippen molar-refractivity contribution < 1.29 is 19.4 Å². The third-order valence-electron chi connectivity index (χ3n) is 6.89. The minimum Gasteiger partial charge on any atom is -0.480 e. The SMILES string of the molecule is CC(C)=CCC/C(C)=C/CC/C(C)=C/CSC[C@H](NC(=O)OCC1c2ccccc2-c2ccccc21)C(=O)O. The van der Waals surface area contributed by atoms with Gasteiger partial charge in [-0.1, -0.05) is 83.5 Å². The van der Waals surface area contributed by atoms with Gasteiger partial charge in [0.1, 0.15) is 12.6 Å². The van der Waals surface area contributed by atoms with Crippen molar-refractivity contribution in [2.45, 2.75) is 65.3 Å². The van der Waals surface area contributed by atoms with Crippen LogP contribution in [0.1, 0.15) is 70.4 Å². The van der Waals surface area contributed by atoms with Gasteiger partial charge in [-0.3, -0.25) is 0 Å². The van der Waals surface area contributed by atoms with Gasteiger partial charge in [-0.25, -0.2) is 9.59 Å². The quantitative estimate of drug-likeness (QED) is 0.184. The summed E-state index contributed by atoms with van der Waals surface area (Å²) in [6.07, 6.45) is 10.2. The molecular weight excluding hydrogens is 506 g/mol. The lowest BCUT2D eigenvalue weighted by molar-refractivity contribution is -0.138. The van der Waals surface area contributed by atoms with E-state index in [9.17, 15) is 14.7 Å². The van der Waals surface area contributed by atoms with Crippen LogP contribution in [0.25, 0.3) is 11.1 Å². The van der Waals surface area contributed by atoms with Crippen LogP contribution in [-0.4, -0.2) is 41.3 Å². The van der Waals surface area contributed by atoms with E-state index in [-0.39, 0.29) is 18.3 Å². The maximum Gasteiger partial charge on any atom is 0.407 e. The van der Waals surface area contributed by atoms with Gasteiger partial charge in [0, 0.05) is 17.4 Å². The molecule has 2 aromatic carbocycles. The number of hydrogen-bond donors (Lipinski definition) is 2. The number of ether oxygens (including phenoxy) is 1. The Balaban J connectivity index is 1.41. The molecule has 0 aliphatic heterocycles. The molecule has 0 unspecified atom stereocenters. The zero-order chi connectivity index (χ0) is 28.2. The Labute approximate surface area is 237 Å². The standard InChI is InChI=1S/C33H41NO4S/c1-23(2)11-9-12-24(3)13-10-14-25(4)19-20-39-22-31(32(35)36)34-33(37)38-21-30-28-17-7-5-15-26(28)27-16-6-8-18-29(27)30/h5-8,11,13,15-19,30-31H,9-10,12,14,20-22H2,1-4H3,(H,34,37)(H,35,36)/b24-13+,25-19+/t31-/m0/s1. The lowest BCUT2D eigenvalue weighted by atomic mass is 9.98. The van der Waals surface area contributed by atoms with Crippen LogP contribution in [0.4, 0.5) is 4.79 Å². The number of alkyl carbamates (subject to hydrolysis) is 1. The Morgan fingerprint density at radius 2 is 1.46 bits per heavy atom. The van der Waals surface area contributed by atoms with E-state index in [1.165, 1.54) is 28.5 Å². The number of fused-ring (bicyclic) bond motifs is 3. The largest absolute Gasteiger partial charge is 0.480 e. The molecule has 0 fully saturated rings. The summed E-state index contributed by atoms with van der Waals surface area (Å²) >= 11 is 1.49. The average molecular weight is 548 g/mol. The van der Waals surface area contributed by atoms with Crippen molar-refractivity contribution in [2.24, 2.45) is 0 Å². The number of carbonyl (C=O) groups is 2. The second kappa shape index (κ2) is 15.4. The maximum atomic E-state index is 12.5. The van der Waals surface area contributed by atoms with Crippen LogP contribution in [0.5, 0.6) is 0 Å². The van der Waals surface area contributed by atoms with Gasteiger partial charge in [-0.15, -0.1) is 0 Å². The lowest BCUT2D eigenvalue weighted by Crippen LogP contribution is -2.43. The minimum atomic E-state index is -1.06. The Hall–Kier alpha value is -3.25. The summed E-state index contributed by atoms with van der Waals surface area (Å²) in [6, 6.07) is 15.2. The summed E-state index contributed by atoms with van der Waals surface area (Å²) in [5.41, 5.74) is 8.59. The summed E-state index contributed by atoms with van der Waals surface area (Å²) in [6.45, 7) is 8.70. The average Bonchev–Trinajstić information content (AvgIpc) is 3.22. The Bertz CT molecular complexity index is 1180. The summed E-state index contributed by atoms with van der Waals surface area (Å²) in [5.74, 6) is -0.159. The fourth-order valence-corrected chi connectivity index (χ4v) is 5.68. The van der Waals surface area contributed by atoms with Gasteiger partial charge >= 0.3 is 12.1 Å². The molecule has 208 valence electrons. The molecule has 0 radical (unpaired) electrons. The molecule has 39 heavy (non-hydrogen) atoms. The van der Waals surface area contributed by atoms with E-state index >= 15 is 0 Å². The van der Waals surface area contributed by atoms with Crippen LogP contribution < -0.4 is 5.32 Å². The van der Waals surface area contributed by atoms with Gasteiger partial charge in [0.15, 0.2) is 0 Å². The molecule has 1 aliphatic rings. The van der Waals surface area contributed by atoms with Crippen LogP contribution in [0, 0.1) is 0 Å². The topological polar surface area (TPSA) is 75.6 Å². The molecule has 0 spiro atoms. The van der Waals surface area contributed by atoms with Crippen molar-refractivity contribution in [3.05, 3.63) is 94.6 Å². The fraction of sp³-hybridized carbons (Fsp3) is 0.394. The molecule has 5 nitrogen and oxygen atoms in total. The van der Waals surface area contributed by atoms with Crippen LogP contribution in [0.2, 0.25) is 0 Å². The first-order chi connectivity index (χ1) is 18.8. The minimum absolute atomic E-state index is 0.0649. The summed E-state index contributed by atoms with van der Waals surface area (Å²) < 4.78 is 5.52. The molecule has 0 heterocycles. The number of nitrogens with one attached hydrogen (secondary N) is 1. The Kier molecular flexibility index (Phi) is 11.9. The second-order valence-electron chi connectivity index (χ2n) is 10.4. The van der Waals surface area contributed by atoms with Gasteiger partial charge in [0.05, 0.1) is 0 Å². The number of rotatable bonds is 14. The number of carboxylic acid groups (broad SMARTS) is 1. The molecule has 2 N–H and O–H groups in total. The Morgan fingerprint density at radius 1 is 0.897 bits per heavy atom. The number of benzene rings is 2. The highest BCUT2D eigenvalue weighted by Gasteiger charge is 2.29. The van der Waals surface area contributed by atoms with Crippen LogP contribution >= 0.6 is 11.8 Å². The zero-order valence-corrected chi connectivity index (χ0v) is 24.4. The molecule has 1 aliphatic carbocycles. The number of allylic oxidation sites excluding steroid dienone is 5. The van der Waals surface area contributed by atoms with Crippen molar-refractivity contribution >= 4 is 23.8 Å². The maximum absolute atomic E-state index is 12.5. The van der Waals surface area contributed by atoms with Gasteiger partial charge in [-0.2, -0.15) is 11.8 Å². The van der Waals surface area contributed by atoms with Crippen molar-refractivity contribution in [3.8, 4) is 11.1 Å². The number of carboxylic acids is 1. The molecule has 0 saturated carbocycles. The molecule has 0 bridgehead atoms. The number of carbonyl (C=O) groups excluding carboxylic acids is 1. The molecule has 0 aromatic heterocycles. The van der Waals surface area contributed by atoms with Crippen molar-refractivity contribution in [3.63, 3.8) is 0 Å². The monoisotopic (exact) mass is 547 g/mol. The summed E-state index contributed by atoms with van der Waals surface area (Å²) in [4.78, 5) is 24.3. The highest BCUT2D eigenvalue weighted by atomic mass is 32.2. The molecule has 6 heteroatoms. The van der Waals surface area contributed by atoms with Gasteiger partial charge in [-0.05, 0) is 75.6 Å². The normalized spacial score (nSPS) is 13.8. The first kappa shape index (κ1) is 30.3. The molecule has 2 aromatic rings. The smallest absolute Gasteiger partial charge is 0.407 e. The fourth-order valence-electron chi connectivity index (χ4n) is 4.68. The number of amides is 1. The van der Waals surface area contributed by atoms with Gasteiger partial charge < -0.3 is 15.2 Å². The number of hydrogen-bond acceptors (Lipinski definition) is 4. The molecule has 0 saturated heterocycles. The van der Waals surface area contributed by atoms with Crippen molar-refractivity contribution in [2.75, 3.05) is 18.1 Å². The highest BCUT2D eigenvalue weighted by Crippen LogP contribution is 2.44. The van der Waals surface area contributed by atoms with E-state index in [4.69, 9.17) is 4.74 Å². The lowest BCUT2D eigenvalue weighted by Gasteiger charge is -2.17. The van der Waals surface area contributed by atoms with Crippen molar-refractivity contribution in [1.82, 2.24) is 5.32 Å². The summed E-state index contributed by atoms with van der Waals surface area (Å²) in [7, 11) is 0. The predicted octanol–water partition coefficient (Wildman–Crippen LogP) is 8.13. The van der Waals surface area contributed by atoms with Gasteiger partial charge in [0.25, 0.3) is 0 Å². The van der Waals surface area contributed by atoms with Crippen LogP contribution in [0.3, 0.4) is 0 Å². The molecule has 1 amide bonds. The molecule has 1 atom stereocenters. The van der Waals surface area contributed by atoms with E-state index < -0.39 is 18.1 Å². The first-order valence-corrected chi connectivity index (χ1v) is 14.8. The third-order valence-corrected chi connectivity index (χ3v) is 7.86. The third kappa shape index (κ3) is 9.47. The molecular formula is C33H41NO4S. The van der Waals surface area contributed by atoms with Gasteiger partial charge in [0.2, 0.25) is 0 Å². The van der Waals surface area contributed by atoms with E-state index in [1.54, 1.807) is 0 Å².